The fourth-order valence-corrected chi connectivity index (χ4v) is 3.71. The molecule has 5 nitrogen and oxygen atoms in total. The van der Waals surface area contributed by atoms with E-state index in [1.165, 1.54) is 17.3 Å². The van der Waals surface area contributed by atoms with Crippen LogP contribution >= 0.6 is 0 Å². The number of fused-ring (bicyclic) bond motifs is 1. The highest BCUT2D eigenvalue weighted by molar-refractivity contribution is 5.92. The van der Waals surface area contributed by atoms with Gasteiger partial charge in [0.2, 0.25) is 0 Å². The standard InChI is InChI=1S/C21H22N4O/c26-21(20-7-9-22-15-24-20)25-10-3-4-16(8-11-25)12-17-13-18-5-1-2-6-19(18)23-14-17/h1-2,5-7,9,13-16H,3-4,8,10-12H2. The van der Waals surface area contributed by atoms with Gasteiger partial charge in [0, 0.05) is 30.9 Å². The van der Waals surface area contributed by atoms with Gasteiger partial charge < -0.3 is 4.90 Å². The normalized spacial score (nSPS) is 17.8. The second kappa shape index (κ2) is 7.60. The summed E-state index contributed by atoms with van der Waals surface area (Å²) in [6.45, 7) is 1.59. The molecule has 4 rings (SSSR count). The van der Waals surface area contributed by atoms with Crippen molar-refractivity contribution in [2.45, 2.75) is 25.7 Å². The fraction of sp³-hybridized carbons (Fsp3) is 0.333. The maximum absolute atomic E-state index is 12.6. The van der Waals surface area contributed by atoms with E-state index in [2.05, 4.69) is 33.2 Å². The zero-order chi connectivity index (χ0) is 17.8. The summed E-state index contributed by atoms with van der Waals surface area (Å²) >= 11 is 0. The van der Waals surface area contributed by atoms with Gasteiger partial charge in [0.05, 0.1) is 5.52 Å². The number of pyridine rings is 1. The summed E-state index contributed by atoms with van der Waals surface area (Å²) in [5, 5.41) is 1.19. The Hall–Kier alpha value is -2.82. The summed E-state index contributed by atoms with van der Waals surface area (Å²) in [6, 6.07) is 12.2. The van der Waals surface area contributed by atoms with E-state index in [0.717, 1.165) is 44.3 Å². The minimum absolute atomic E-state index is 0.0143. The van der Waals surface area contributed by atoms with E-state index in [1.807, 2.05) is 23.2 Å². The third-order valence-electron chi connectivity index (χ3n) is 5.11. The number of para-hydroxylation sites is 1. The van der Waals surface area contributed by atoms with Crippen LogP contribution in [-0.4, -0.2) is 38.8 Å². The van der Waals surface area contributed by atoms with E-state index in [9.17, 15) is 4.79 Å². The molecule has 2 aromatic heterocycles. The molecule has 0 aliphatic carbocycles. The van der Waals surface area contributed by atoms with Crippen LogP contribution in [0.3, 0.4) is 0 Å². The number of nitrogens with zero attached hydrogens (tertiary/aromatic N) is 4. The SMILES string of the molecule is O=C(c1ccncn1)N1CCCC(Cc2cnc3ccccc3c2)CC1. The molecule has 1 aliphatic heterocycles. The molecule has 3 aromatic rings. The van der Waals surface area contributed by atoms with Crippen LogP contribution in [0, 0.1) is 5.92 Å². The summed E-state index contributed by atoms with van der Waals surface area (Å²) < 4.78 is 0. The Labute approximate surface area is 153 Å². The number of hydrogen-bond donors (Lipinski definition) is 0. The van der Waals surface area contributed by atoms with Crippen LogP contribution in [0.5, 0.6) is 0 Å². The van der Waals surface area contributed by atoms with E-state index in [0.29, 0.717) is 11.6 Å². The number of benzene rings is 1. The third-order valence-corrected chi connectivity index (χ3v) is 5.11. The Morgan fingerprint density at radius 2 is 2.04 bits per heavy atom. The number of hydrogen-bond acceptors (Lipinski definition) is 4. The highest BCUT2D eigenvalue weighted by atomic mass is 16.2. The van der Waals surface area contributed by atoms with E-state index in [-0.39, 0.29) is 5.91 Å². The van der Waals surface area contributed by atoms with Crippen molar-refractivity contribution in [2.24, 2.45) is 5.92 Å². The Bertz CT molecular complexity index is 897. The van der Waals surface area contributed by atoms with Crippen molar-refractivity contribution in [1.29, 1.82) is 0 Å². The first-order valence-corrected chi connectivity index (χ1v) is 9.18. The molecule has 0 saturated carbocycles. The molecule has 1 aliphatic rings. The first-order chi connectivity index (χ1) is 12.8. The minimum Gasteiger partial charge on any atom is -0.337 e. The minimum atomic E-state index is 0.0143. The summed E-state index contributed by atoms with van der Waals surface area (Å²) in [6.07, 6.45) is 9.26. The van der Waals surface area contributed by atoms with Crippen LogP contribution in [-0.2, 0) is 6.42 Å². The topological polar surface area (TPSA) is 59.0 Å². The van der Waals surface area contributed by atoms with Crippen molar-refractivity contribution in [3.63, 3.8) is 0 Å². The lowest BCUT2D eigenvalue weighted by Crippen LogP contribution is -2.32. The molecule has 1 amide bonds. The van der Waals surface area contributed by atoms with Crippen molar-refractivity contribution in [3.05, 3.63) is 66.4 Å². The maximum Gasteiger partial charge on any atom is 0.272 e. The molecular weight excluding hydrogens is 324 g/mol. The lowest BCUT2D eigenvalue weighted by atomic mass is 9.93. The molecule has 1 saturated heterocycles. The quantitative estimate of drug-likeness (QED) is 0.728. The van der Waals surface area contributed by atoms with Gasteiger partial charge in [-0.1, -0.05) is 18.2 Å². The van der Waals surface area contributed by atoms with Crippen LogP contribution < -0.4 is 0 Å². The number of likely N-dealkylation sites (tertiary alicyclic amines) is 1. The molecule has 26 heavy (non-hydrogen) atoms. The number of carbonyl (C=O) groups is 1. The molecule has 132 valence electrons. The van der Waals surface area contributed by atoms with Gasteiger partial charge in [0.25, 0.3) is 5.91 Å². The second-order valence-electron chi connectivity index (χ2n) is 6.92. The molecule has 5 heteroatoms. The Balaban J connectivity index is 1.41. The van der Waals surface area contributed by atoms with Gasteiger partial charge in [0.15, 0.2) is 0 Å². The van der Waals surface area contributed by atoms with Crippen LogP contribution in [0.1, 0.15) is 35.3 Å². The van der Waals surface area contributed by atoms with Crippen molar-refractivity contribution < 1.29 is 4.79 Å². The number of rotatable bonds is 3. The molecule has 0 spiro atoms. The molecule has 0 bridgehead atoms. The molecule has 1 aromatic carbocycles. The van der Waals surface area contributed by atoms with Crippen molar-refractivity contribution in [1.82, 2.24) is 19.9 Å². The van der Waals surface area contributed by atoms with Gasteiger partial charge in [-0.2, -0.15) is 0 Å². The second-order valence-corrected chi connectivity index (χ2v) is 6.92. The molecule has 0 N–H and O–H groups in total. The van der Waals surface area contributed by atoms with Crippen molar-refractivity contribution >= 4 is 16.8 Å². The molecule has 3 heterocycles. The van der Waals surface area contributed by atoms with E-state index >= 15 is 0 Å². The largest absolute Gasteiger partial charge is 0.337 e. The fourth-order valence-electron chi connectivity index (χ4n) is 3.71. The number of amides is 1. The number of aromatic nitrogens is 3. The summed E-state index contributed by atoms with van der Waals surface area (Å²) in [7, 11) is 0. The van der Waals surface area contributed by atoms with Crippen LogP contribution in [0.15, 0.2) is 55.1 Å². The Kier molecular flexibility index (Phi) is 4.86. The van der Waals surface area contributed by atoms with E-state index in [4.69, 9.17) is 0 Å². The lowest BCUT2D eigenvalue weighted by molar-refractivity contribution is 0.0754. The van der Waals surface area contributed by atoms with Crippen molar-refractivity contribution in [3.8, 4) is 0 Å². The first kappa shape index (κ1) is 16.6. The van der Waals surface area contributed by atoms with E-state index in [1.54, 1.807) is 12.3 Å². The van der Waals surface area contributed by atoms with Gasteiger partial charge in [-0.15, -0.1) is 0 Å². The monoisotopic (exact) mass is 346 g/mol. The average Bonchev–Trinajstić information content (AvgIpc) is 2.93. The van der Waals surface area contributed by atoms with Crippen molar-refractivity contribution in [2.75, 3.05) is 13.1 Å². The molecule has 0 radical (unpaired) electrons. The molecular formula is C21H22N4O. The summed E-state index contributed by atoms with van der Waals surface area (Å²) in [5.41, 5.74) is 2.81. The summed E-state index contributed by atoms with van der Waals surface area (Å²) in [4.78, 5) is 27.1. The van der Waals surface area contributed by atoms with Gasteiger partial charge in [-0.05, 0) is 55.4 Å². The van der Waals surface area contributed by atoms with Crippen LogP contribution in [0.2, 0.25) is 0 Å². The maximum atomic E-state index is 12.6. The zero-order valence-electron chi connectivity index (χ0n) is 14.7. The van der Waals surface area contributed by atoms with Gasteiger partial charge in [-0.25, -0.2) is 9.97 Å². The number of carbonyl (C=O) groups excluding carboxylic acids is 1. The Morgan fingerprint density at radius 1 is 1.12 bits per heavy atom. The molecule has 1 atom stereocenters. The van der Waals surface area contributed by atoms with E-state index < -0.39 is 0 Å². The lowest BCUT2D eigenvalue weighted by Gasteiger charge is -2.20. The van der Waals surface area contributed by atoms with Crippen LogP contribution in [0.25, 0.3) is 10.9 Å². The highest BCUT2D eigenvalue weighted by Crippen LogP contribution is 2.24. The first-order valence-electron chi connectivity index (χ1n) is 9.18. The predicted octanol–water partition coefficient (Wildman–Crippen LogP) is 3.51. The predicted molar refractivity (Wildman–Crippen MR) is 101 cm³/mol. The summed E-state index contributed by atoms with van der Waals surface area (Å²) in [5.74, 6) is 0.599. The third kappa shape index (κ3) is 3.72. The zero-order valence-corrected chi connectivity index (χ0v) is 14.7. The smallest absolute Gasteiger partial charge is 0.272 e. The van der Waals surface area contributed by atoms with Gasteiger partial charge in [0.1, 0.15) is 12.0 Å². The van der Waals surface area contributed by atoms with Crippen LogP contribution in [0.4, 0.5) is 0 Å². The molecule has 1 fully saturated rings. The Morgan fingerprint density at radius 3 is 2.92 bits per heavy atom. The average molecular weight is 346 g/mol. The van der Waals surface area contributed by atoms with Gasteiger partial charge >= 0.3 is 0 Å². The highest BCUT2D eigenvalue weighted by Gasteiger charge is 2.22. The van der Waals surface area contributed by atoms with Gasteiger partial charge in [-0.3, -0.25) is 9.78 Å². The molecule has 1 unspecified atom stereocenters.